The summed E-state index contributed by atoms with van der Waals surface area (Å²) in [5, 5.41) is 9.94. The zero-order valence-electron chi connectivity index (χ0n) is 7.46. The van der Waals surface area contributed by atoms with E-state index in [1.165, 1.54) is 12.1 Å². The average molecular weight is 253 g/mol. The number of rotatable bonds is 2. The Kier molecular flexibility index (Phi) is 4.21. The predicted octanol–water partition coefficient (Wildman–Crippen LogP) is 2.34. The van der Waals surface area contributed by atoms with Crippen LogP contribution in [-0.2, 0) is 0 Å². The zero-order valence-corrected chi connectivity index (χ0v) is 9.04. The summed E-state index contributed by atoms with van der Waals surface area (Å²) in [6, 6.07) is 4.57. The van der Waals surface area contributed by atoms with Crippen LogP contribution in [0.25, 0.3) is 0 Å². The number of aromatic hydroxyl groups is 1. The Bertz CT molecular complexity index is 388. The molecule has 0 atom stereocenters. The minimum absolute atomic E-state index is 0.0816. The Labute approximate surface area is 91.1 Å². The van der Waals surface area contributed by atoms with Gasteiger partial charge >= 0.3 is 0 Å². The molecule has 3 heteroatoms. The van der Waals surface area contributed by atoms with Crippen molar-refractivity contribution in [2.24, 2.45) is 0 Å². The molecule has 0 saturated heterocycles. The highest BCUT2D eigenvalue weighted by Crippen LogP contribution is 2.13. The van der Waals surface area contributed by atoms with Crippen LogP contribution in [0.5, 0.6) is 5.75 Å². The summed E-state index contributed by atoms with van der Waals surface area (Å²) >= 11 is 3.26. The lowest BCUT2D eigenvalue weighted by Crippen LogP contribution is -1.86. The van der Waals surface area contributed by atoms with Gasteiger partial charge in [0.25, 0.3) is 0 Å². The van der Waals surface area contributed by atoms with Gasteiger partial charge in [-0.15, -0.1) is 0 Å². The molecular weight excluding hydrogens is 244 g/mol. The number of halogens is 1. The van der Waals surface area contributed by atoms with Gasteiger partial charge in [-0.1, -0.05) is 27.8 Å². The molecule has 0 amide bonds. The van der Waals surface area contributed by atoms with Gasteiger partial charge in [-0.3, -0.25) is 4.79 Å². The summed E-state index contributed by atoms with van der Waals surface area (Å²) in [7, 11) is 0. The lowest BCUT2D eigenvalue weighted by molar-refractivity contribution is 0.112. The van der Waals surface area contributed by atoms with E-state index in [2.05, 4.69) is 27.8 Å². The van der Waals surface area contributed by atoms with Crippen LogP contribution in [-0.4, -0.2) is 16.7 Å². The summed E-state index contributed by atoms with van der Waals surface area (Å²) in [6.45, 7) is 0. The van der Waals surface area contributed by atoms with Crippen LogP contribution in [0.1, 0.15) is 22.3 Å². The van der Waals surface area contributed by atoms with Crippen molar-refractivity contribution in [1.29, 1.82) is 0 Å². The van der Waals surface area contributed by atoms with E-state index in [1.54, 1.807) is 6.07 Å². The van der Waals surface area contributed by atoms with Gasteiger partial charge in [-0.05, 0) is 18.2 Å². The maximum atomic E-state index is 10.6. The molecule has 0 spiro atoms. The molecule has 0 fully saturated rings. The molecule has 0 saturated carbocycles. The maximum Gasteiger partial charge on any atom is 0.151 e. The number of carbonyl (C=O) groups excluding carboxylic acids is 1. The molecule has 72 valence electrons. The lowest BCUT2D eigenvalue weighted by atomic mass is 10.1. The van der Waals surface area contributed by atoms with Gasteiger partial charge in [-0.25, -0.2) is 0 Å². The fourth-order valence-electron chi connectivity index (χ4n) is 0.966. The van der Waals surface area contributed by atoms with Crippen LogP contribution in [0.4, 0.5) is 0 Å². The molecule has 1 N–H and O–H groups in total. The molecule has 14 heavy (non-hydrogen) atoms. The number of hydrogen-bond acceptors (Lipinski definition) is 2. The minimum Gasteiger partial charge on any atom is -0.508 e. The van der Waals surface area contributed by atoms with Gasteiger partial charge in [0.1, 0.15) is 5.75 Å². The number of phenolic OH excluding ortho intramolecular Hbond substituents is 1. The van der Waals surface area contributed by atoms with Crippen LogP contribution in [0, 0.1) is 11.8 Å². The van der Waals surface area contributed by atoms with Crippen LogP contribution < -0.4 is 0 Å². The van der Waals surface area contributed by atoms with Crippen molar-refractivity contribution in [2.75, 3.05) is 5.33 Å². The van der Waals surface area contributed by atoms with E-state index in [0.29, 0.717) is 17.4 Å². The van der Waals surface area contributed by atoms with E-state index in [4.69, 9.17) is 5.11 Å². The smallest absolute Gasteiger partial charge is 0.151 e. The Morgan fingerprint density at radius 2 is 2.29 bits per heavy atom. The van der Waals surface area contributed by atoms with Gasteiger partial charge in [0.15, 0.2) is 6.29 Å². The number of aldehydes is 1. The minimum atomic E-state index is 0.0816. The zero-order chi connectivity index (χ0) is 10.4. The number of carbonyl (C=O) groups is 1. The van der Waals surface area contributed by atoms with Crippen LogP contribution in [0.3, 0.4) is 0 Å². The lowest BCUT2D eigenvalue weighted by Gasteiger charge is -1.96. The highest BCUT2D eigenvalue weighted by molar-refractivity contribution is 9.09. The third-order valence-electron chi connectivity index (χ3n) is 1.60. The maximum absolute atomic E-state index is 10.6. The summed E-state index contributed by atoms with van der Waals surface area (Å²) in [6.07, 6.45) is 1.43. The molecule has 0 aliphatic rings. The number of benzene rings is 1. The predicted molar refractivity (Wildman–Crippen MR) is 58.8 cm³/mol. The fraction of sp³-hybridized carbons (Fsp3) is 0.182. The first kappa shape index (κ1) is 10.8. The third kappa shape index (κ3) is 2.90. The molecule has 1 aromatic carbocycles. The first-order valence-corrected chi connectivity index (χ1v) is 5.23. The molecule has 0 bridgehead atoms. The summed E-state index contributed by atoms with van der Waals surface area (Å²) in [5.41, 5.74) is 1.07. The quantitative estimate of drug-likeness (QED) is 0.499. The summed E-state index contributed by atoms with van der Waals surface area (Å²) in [5.74, 6) is 5.86. The monoisotopic (exact) mass is 252 g/mol. The van der Waals surface area contributed by atoms with Crippen molar-refractivity contribution < 1.29 is 9.90 Å². The Morgan fingerprint density at radius 1 is 1.50 bits per heavy atom. The second-order valence-electron chi connectivity index (χ2n) is 2.63. The number of phenols is 1. The SMILES string of the molecule is O=Cc1cc(O)ccc1C#CCCBr. The Balaban J connectivity index is 2.98. The van der Waals surface area contributed by atoms with Crippen LogP contribution >= 0.6 is 15.9 Å². The standard InChI is InChI=1S/C11H9BrO2/c12-6-2-1-3-9-4-5-11(14)7-10(9)8-13/h4-5,7-8,14H,2,6H2. The topological polar surface area (TPSA) is 37.3 Å². The largest absolute Gasteiger partial charge is 0.508 e. The van der Waals surface area contributed by atoms with Crippen molar-refractivity contribution >= 4 is 22.2 Å². The van der Waals surface area contributed by atoms with Crippen molar-refractivity contribution in [1.82, 2.24) is 0 Å². The van der Waals surface area contributed by atoms with Gasteiger partial charge in [0.2, 0.25) is 0 Å². The second kappa shape index (κ2) is 5.46. The van der Waals surface area contributed by atoms with Crippen molar-refractivity contribution in [3.8, 4) is 17.6 Å². The normalized spacial score (nSPS) is 8.93. The highest BCUT2D eigenvalue weighted by atomic mass is 79.9. The molecule has 1 rings (SSSR count). The molecule has 0 radical (unpaired) electrons. The van der Waals surface area contributed by atoms with Crippen molar-refractivity contribution in [3.63, 3.8) is 0 Å². The molecule has 0 heterocycles. The number of hydrogen-bond donors (Lipinski definition) is 1. The fourth-order valence-corrected chi connectivity index (χ4v) is 1.16. The van der Waals surface area contributed by atoms with Gasteiger partial charge in [0.05, 0.1) is 0 Å². The highest BCUT2D eigenvalue weighted by Gasteiger charge is 1.99. The summed E-state index contributed by atoms with van der Waals surface area (Å²) < 4.78 is 0. The van der Waals surface area contributed by atoms with E-state index in [1.807, 2.05) is 0 Å². The molecule has 1 aromatic rings. The first-order valence-electron chi connectivity index (χ1n) is 4.11. The van der Waals surface area contributed by atoms with E-state index in [0.717, 1.165) is 11.8 Å². The summed E-state index contributed by atoms with van der Waals surface area (Å²) in [4.78, 5) is 10.6. The van der Waals surface area contributed by atoms with E-state index in [9.17, 15) is 4.79 Å². The molecule has 0 aliphatic carbocycles. The molecular formula is C11H9BrO2. The van der Waals surface area contributed by atoms with Gasteiger partial charge < -0.3 is 5.11 Å². The molecule has 0 aromatic heterocycles. The van der Waals surface area contributed by atoms with Crippen LogP contribution in [0.15, 0.2) is 18.2 Å². The first-order chi connectivity index (χ1) is 6.77. The third-order valence-corrected chi connectivity index (χ3v) is 2.00. The van der Waals surface area contributed by atoms with E-state index >= 15 is 0 Å². The molecule has 0 aliphatic heterocycles. The van der Waals surface area contributed by atoms with E-state index in [-0.39, 0.29) is 5.75 Å². The second-order valence-corrected chi connectivity index (χ2v) is 3.42. The molecule has 0 unspecified atom stereocenters. The van der Waals surface area contributed by atoms with E-state index < -0.39 is 0 Å². The average Bonchev–Trinajstić information content (AvgIpc) is 2.20. The van der Waals surface area contributed by atoms with Crippen molar-refractivity contribution in [2.45, 2.75) is 6.42 Å². The van der Waals surface area contributed by atoms with Crippen molar-refractivity contribution in [3.05, 3.63) is 29.3 Å². The molecule has 2 nitrogen and oxygen atoms in total. The van der Waals surface area contributed by atoms with Gasteiger partial charge in [0, 0.05) is 22.9 Å². The van der Waals surface area contributed by atoms with Gasteiger partial charge in [-0.2, -0.15) is 0 Å². The Morgan fingerprint density at radius 3 is 2.93 bits per heavy atom. The Hall–Kier alpha value is -1.27. The number of alkyl halides is 1. The van der Waals surface area contributed by atoms with Crippen LogP contribution in [0.2, 0.25) is 0 Å².